The largest absolute Gasteiger partial charge is 0.354 e. The molecule has 3 heteroatoms. The number of aryl methyl sites for hydroxylation is 1. The highest BCUT2D eigenvalue weighted by molar-refractivity contribution is 5.74. The summed E-state index contributed by atoms with van der Waals surface area (Å²) in [6.45, 7) is 4.75. The van der Waals surface area contributed by atoms with Gasteiger partial charge in [-0.2, -0.15) is 5.26 Å². The van der Waals surface area contributed by atoms with Gasteiger partial charge in [-0.15, -0.1) is 0 Å². The van der Waals surface area contributed by atoms with Crippen molar-refractivity contribution in [2.75, 3.05) is 0 Å². The van der Waals surface area contributed by atoms with E-state index in [9.17, 15) is 4.79 Å². The second-order valence-electron chi connectivity index (χ2n) is 4.40. The second-order valence-corrected chi connectivity index (χ2v) is 4.40. The first-order valence-electron chi connectivity index (χ1n) is 5.09. The minimum Gasteiger partial charge on any atom is -0.354 e. The summed E-state index contributed by atoms with van der Waals surface area (Å²) in [5, 5.41) is 8.83. The first-order chi connectivity index (χ1) is 7.07. The Morgan fingerprint density at radius 1 is 1.60 bits per heavy atom. The lowest BCUT2D eigenvalue weighted by Gasteiger charge is -2.14. The molecule has 1 heterocycles. The van der Waals surface area contributed by atoms with Crippen LogP contribution in [0.25, 0.3) is 0 Å². The summed E-state index contributed by atoms with van der Waals surface area (Å²) in [7, 11) is 0. The summed E-state index contributed by atoms with van der Waals surface area (Å²) < 4.78 is 1.98. The molecule has 1 aromatic rings. The zero-order valence-corrected chi connectivity index (χ0v) is 9.23. The average molecular weight is 204 g/mol. The van der Waals surface area contributed by atoms with Gasteiger partial charge in [-0.1, -0.05) is 0 Å². The van der Waals surface area contributed by atoms with Gasteiger partial charge >= 0.3 is 0 Å². The Bertz CT molecular complexity index is 371. The molecule has 0 radical (unpaired) electrons. The molecule has 0 aromatic carbocycles. The van der Waals surface area contributed by atoms with Crippen LogP contribution >= 0.6 is 0 Å². The second kappa shape index (κ2) is 4.79. The third-order valence-corrected chi connectivity index (χ3v) is 2.43. The summed E-state index contributed by atoms with van der Waals surface area (Å²) in [6.07, 6.45) is 6.39. The van der Waals surface area contributed by atoms with E-state index in [1.807, 2.05) is 30.8 Å². The van der Waals surface area contributed by atoms with Crippen molar-refractivity contribution in [3.8, 4) is 6.07 Å². The van der Waals surface area contributed by atoms with Gasteiger partial charge in [0.15, 0.2) is 6.29 Å². The SMILES string of the molecule is CC(C)(C#N)CCCn1ccc(C=O)c1. The van der Waals surface area contributed by atoms with Crippen LogP contribution in [0.2, 0.25) is 0 Å². The van der Waals surface area contributed by atoms with Crippen molar-refractivity contribution in [1.29, 1.82) is 5.26 Å². The maximum atomic E-state index is 10.4. The molecule has 3 nitrogen and oxygen atoms in total. The van der Waals surface area contributed by atoms with Crippen molar-refractivity contribution in [1.82, 2.24) is 4.57 Å². The number of carbonyl (C=O) groups is 1. The minimum absolute atomic E-state index is 0.249. The molecular weight excluding hydrogens is 188 g/mol. The maximum Gasteiger partial charge on any atom is 0.151 e. The molecule has 0 aliphatic rings. The number of aromatic nitrogens is 1. The molecule has 0 unspecified atom stereocenters. The maximum absolute atomic E-state index is 10.4. The predicted molar refractivity (Wildman–Crippen MR) is 58.4 cm³/mol. The van der Waals surface area contributed by atoms with Crippen LogP contribution in [0.3, 0.4) is 0 Å². The Hall–Kier alpha value is -1.56. The van der Waals surface area contributed by atoms with Gasteiger partial charge < -0.3 is 4.57 Å². The average Bonchev–Trinajstić information content (AvgIpc) is 2.66. The molecule has 0 atom stereocenters. The standard InChI is InChI=1S/C12H16N2O/c1-12(2,10-13)5-3-6-14-7-4-11(8-14)9-15/h4,7-9H,3,5-6H2,1-2H3. The smallest absolute Gasteiger partial charge is 0.151 e. The van der Waals surface area contributed by atoms with Crippen molar-refractivity contribution < 1.29 is 4.79 Å². The van der Waals surface area contributed by atoms with Crippen molar-refractivity contribution in [2.45, 2.75) is 33.2 Å². The van der Waals surface area contributed by atoms with E-state index < -0.39 is 0 Å². The van der Waals surface area contributed by atoms with E-state index >= 15 is 0 Å². The van der Waals surface area contributed by atoms with Gasteiger partial charge in [0.05, 0.1) is 11.5 Å². The topological polar surface area (TPSA) is 45.8 Å². The monoisotopic (exact) mass is 204 g/mol. The van der Waals surface area contributed by atoms with E-state index in [1.165, 1.54) is 0 Å². The number of hydrogen-bond acceptors (Lipinski definition) is 2. The molecule has 15 heavy (non-hydrogen) atoms. The fourth-order valence-electron chi connectivity index (χ4n) is 1.43. The number of rotatable bonds is 5. The normalized spacial score (nSPS) is 11.0. The number of nitrogens with zero attached hydrogens (tertiary/aromatic N) is 2. The first kappa shape index (κ1) is 11.5. The number of aldehydes is 1. The lowest BCUT2D eigenvalue weighted by Crippen LogP contribution is -2.09. The quantitative estimate of drug-likeness (QED) is 0.692. The molecule has 0 saturated heterocycles. The van der Waals surface area contributed by atoms with E-state index in [1.54, 1.807) is 6.07 Å². The summed E-state index contributed by atoms with van der Waals surface area (Å²) in [4.78, 5) is 10.4. The lowest BCUT2D eigenvalue weighted by atomic mass is 9.90. The van der Waals surface area contributed by atoms with Gasteiger partial charge in [-0.3, -0.25) is 4.79 Å². The van der Waals surface area contributed by atoms with Gasteiger partial charge in [-0.25, -0.2) is 0 Å². The van der Waals surface area contributed by atoms with Crippen LogP contribution in [0.5, 0.6) is 0 Å². The van der Waals surface area contributed by atoms with Crippen LogP contribution in [0.15, 0.2) is 18.5 Å². The Labute approximate surface area is 90.3 Å². The predicted octanol–water partition coefficient (Wildman–Crippen LogP) is 2.63. The Balaban J connectivity index is 2.38. The molecule has 0 amide bonds. The minimum atomic E-state index is -0.249. The number of nitriles is 1. The molecule has 0 fully saturated rings. The van der Waals surface area contributed by atoms with Gasteiger partial charge in [-0.05, 0) is 32.8 Å². The number of carbonyl (C=O) groups excluding carboxylic acids is 1. The number of hydrogen-bond donors (Lipinski definition) is 0. The van der Waals surface area contributed by atoms with Gasteiger partial charge in [0, 0.05) is 24.5 Å². The van der Waals surface area contributed by atoms with Crippen LogP contribution in [0.1, 0.15) is 37.0 Å². The van der Waals surface area contributed by atoms with E-state index in [2.05, 4.69) is 6.07 Å². The molecule has 1 rings (SSSR count). The van der Waals surface area contributed by atoms with Crippen LogP contribution in [0.4, 0.5) is 0 Å². The van der Waals surface area contributed by atoms with Crippen LogP contribution in [-0.2, 0) is 6.54 Å². The third-order valence-electron chi connectivity index (χ3n) is 2.43. The molecule has 1 aromatic heterocycles. The van der Waals surface area contributed by atoms with E-state index in [-0.39, 0.29) is 5.41 Å². The Morgan fingerprint density at radius 2 is 2.33 bits per heavy atom. The van der Waals surface area contributed by atoms with Gasteiger partial charge in [0.1, 0.15) is 0 Å². The highest BCUT2D eigenvalue weighted by Crippen LogP contribution is 2.20. The van der Waals surface area contributed by atoms with E-state index in [4.69, 9.17) is 5.26 Å². The molecule has 0 bridgehead atoms. The van der Waals surface area contributed by atoms with Crippen molar-refractivity contribution in [3.05, 3.63) is 24.0 Å². The molecule has 0 aliphatic heterocycles. The molecule has 0 N–H and O–H groups in total. The van der Waals surface area contributed by atoms with Crippen LogP contribution < -0.4 is 0 Å². The molecule has 80 valence electrons. The van der Waals surface area contributed by atoms with E-state index in [0.29, 0.717) is 5.56 Å². The molecular formula is C12H16N2O. The molecule has 0 aliphatic carbocycles. The Morgan fingerprint density at radius 3 is 2.87 bits per heavy atom. The summed E-state index contributed by atoms with van der Waals surface area (Å²) >= 11 is 0. The van der Waals surface area contributed by atoms with Crippen molar-refractivity contribution in [3.63, 3.8) is 0 Å². The zero-order valence-electron chi connectivity index (χ0n) is 9.23. The highest BCUT2D eigenvalue weighted by Gasteiger charge is 2.15. The Kier molecular flexibility index (Phi) is 3.68. The van der Waals surface area contributed by atoms with E-state index in [0.717, 1.165) is 25.7 Å². The van der Waals surface area contributed by atoms with Crippen LogP contribution in [0, 0.1) is 16.7 Å². The summed E-state index contributed by atoms with van der Waals surface area (Å²) in [6, 6.07) is 4.07. The zero-order chi connectivity index (χ0) is 11.3. The summed E-state index contributed by atoms with van der Waals surface area (Å²) in [5.41, 5.74) is 0.454. The van der Waals surface area contributed by atoms with Gasteiger partial charge in [0.25, 0.3) is 0 Å². The molecule has 0 spiro atoms. The highest BCUT2D eigenvalue weighted by atomic mass is 16.1. The molecule has 0 saturated carbocycles. The fraction of sp³-hybridized carbons (Fsp3) is 0.500. The summed E-state index contributed by atoms with van der Waals surface area (Å²) in [5.74, 6) is 0. The third kappa shape index (κ3) is 3.59. The lowest BCUT2D eigenvalue weighted by molar-refractivity contribution is 0.112. The van der Waals surface area contributed by atoms with Crippen molar-refractivity contribution in [2.24, 2.45) is 5.41 Å². The van der Waals surface area contributed by atoms with Crippen molar-refractivity contribution >= 4 is 6.29 Å². The van der Waals surface area contributed by atoms with Gasteiger partial charge in [0.2, 0.25) is 0 Å². The van der Waals surface area contributed by atoms with Crippen LogP contribution in [-0.4, -0.2) is 10.9 Å². The first-order valence-corrected chi connectivity index (χ1v) is 5.09. The fourth-order valence-corrected chi connectivity index (χ4v) is 1.43.